The van der Waals surface area contributed by atoms with Crippen LogP contribution in [0.4, 0.5) is 4.79 Å². The molecule has 8 heteroatoms. The summed E-state index contributed by atoms with van der Waals surface area (Å²) < 4.78 is 5.45. The summed E-state index contributed by atoms with van der Waals surface area (Å²) >= 11 is 5.80. The molecule has 1 fully saturated rings. The number of nitrogens with one attached hydrogen (secondary N) is 2. The number of carbonyl (C=O) groups excluding carboxylic acids is 1. The molecule has 156 valence electrons. The second kappa shape index (κ2) is 10.5. The highest BCUT2D eigenvalue weighted by molar-refractivity contribution is 6.29. The van der Waals surface area contributed by atoms with Crippen molar-refractivity contribution in [1.29, 1.82) is 0 Å². The van der Waals surface area contributed by atoms with E-state index < -0.39 is 5.60 Å². The van der Waals surface area contributed by atoms with E-state index in [0.717, 1.165) is 57.0 Å². The standard InChI is InChI=1S/C20H32ClN5O2/c1-20(2,3)28-19(27)26-11-8-16(9-12-26)14-25-18(22-4)23-10-7-15-5-6-17(21)24-13-15/h5-6,13,16H,7-12,14H2,1-4H3,(H2,22,23,25). The molecule has 1 saturated heterocycles. The molecule has 0 saturated carbocycles. The Balaban J connectivity index is 1.66. The smallest absolute Gasteiger partial charge is 0.410 e. The predicted molar refractivity (Wildman–Crippen MR) is 113 cm³/mol. The third-order valence-electron chi connectivity index (χ3n) is 4.54. The van der Waals surface area contributed by atoms with Gasteiger partial charge >= 0.3 is 6.09 Å². The fourth-order valence-corrected chi connectivity index (χ4v) is 3.10. The molecule has 0 unspecified atom stereocenters. The van der Waals surface area contributed by atoms with Gasteiger partial charge in [0.2, 0.25) is 0 Å². The number of guanidine groups is 1. The molecule has 1 aliphatic rings. The molecule has 1 aromatic rings. The minimum atomic E-state index is -0.449. The van der Waals surface area contributed by atoms with Crippen molar-refractivity contribution in [2.24, 2.45) is 10.9 Å². The summed E-state index contributed by atoms with van der Waals surface area (Å²) in [6.45, 7) is 8.75. The largest absolute Gasteiger partial charge is 0.444 e. The Morgan fingerprint density at radius 3 is 2.61 bits per heavy atom. The Labute approximate surface area is 172 Å². The van der Waals surface area contributed by atoms with Gasteiger partial charge in [-0.05, 0) is 57.6 Å². The number of amides is 1. The molecule has 0 aromatic carbocycles. The van der Waals surface area contributed by atoms with E-state index in [1.165, 1.54) is 0 Å². The molecule has 1 aliphatic heterocycles. The molecule has 7 nitrogen and oxygen atoms in total. The van der Waals surface area contributed by atoms with Crippen molar-refractivity contribution in [2.45, 2.75) is 45.6 Å². The number of piperidine rings is 1. The average Bonchev–Trinajstić information content (AvgIpc) is 2.65. The Morgan fingerprint density at radius 1 is 1.32 bits per heavy atom. The van der Waals surface area contributed by atoms with Gasteiger partial charge in [-0.2, -0.15) is 0 Å². The first-order valence-corrected chi connectivity index (χ1v) is 10.2. The molecular formula is C20H32ClN5O2. The van der Waals surface area contributed by atoms with E-state index in [-0.39, 0.29) is 6.09 Å². The van der Waals surface area contributed by atoms with E-state index in [9.17, 15) is 4.79 Å². The fraction of sp³-hybridized carbons (Fsp3) is 0.650. The SMILES string of the molecule is CN=C(NCCc1ccc(Cl)nc1)NCC1CCN(C(=O)OC(C)(C)C)CC1. The zero-order valence-electron chi connectivity index (χ0n) is 17.3. The van der Waals surface area contributed by atoms with Crippen molar-refractivity contribution >= 4 is 23.7 Å². The number of pyridine rings is 1. The van der Waals surface area contributed by atoms with E-state index in [4.69, 9.17) is 16.3 Å². The lowest BCUT2D eigenvalue weighted by atomic mass is 9.97. The van der Waals surface area contributed by atoms with E-state index in [1.807, 2.05) is 26.8 Å². The van der Waals surface area contributed by atoms with Crippen LogP contribution in [0.3, 0.4) is 0 Å². The van der Waals surface area contributed by atoms with Crippen molar-refractivity contribution in [3.8, 4) is 0 Å². The van der Waals surface area contributed by atoms with E-state index in [2.05, 4.69) is 20.6 Å². The molecule has 0 spiro atoms. The molecule has 0 aliphatic carbocycles. The summed E-state index contributed by atoms with van der Waals surface area (Å²) in [5, 5.41) is 7.21. The number of carbonyl (C=O) groups is 1. The summed E-state index contributed by atoms with van der Waals surface area (Å²) in [7, 11) is 1.77. The lowest BCUT2D eigenvalue weighted by Gasteiger charge is -2.33. The minimum absolute atomic E-state index is 0.215. The average molecular weight is 410 g/mol. The molecule has 0 bridgehead atoms. The van der Waals surface area contributed by atoms with Gasteiger partial charge in [-0.15, -0.1) is 0 Å². The molecule has 0 atom stereocenters. The Kier molecular flexibility index (Phi) is 8.35. The van der Waals surface area contributed by atoms with Crippen LogP contribution in [-0.4, -0.2) is 60.8 Å². The van der Waals surface area contributed by atoms with Crippen LogP contribution in [-0.2, 0) is 11.2 Å². The lowest BCUT2D eigenvalue weighted by molar-refractivity contribution is 0.0185. The number of rotatable bonds is 5. The highest BCUT2D eigenvalue weighted by Gasteiger charge is 2.26. The number of aromatic nitrogens is 1. The second-order valence-corrected chi connectivity index (χ2v) is 8.42. The van der Waals surface area contributed by atoms with Crippen molar-refractivity contribution in [3.63, 3.8) is 0 Å². The molecule has 2 heterocycles. The van der Waals surface area contributed by atoms with Crippen molar-refractivity contribution in [1.82, 2.24) is 20.5 Å². The van der Waals surface area contributed by atoms with Crippen LogP contribution in [0.5, 0.6) is 0 Å². The molecule has 2 N–H and O–H groups in total. The monoisotopic (exact) mass is 409 g/mol. The molecular weight excluding hydrogens is 378 g/mol. The van der Waals surface area contributed by atoms with Gasteiger partial charge < -0.3 is 20.3 Å². The number of hydrogen-bond donors (Lipinski definition) is 2. The molecule has 0 radical (unpaired) electrons. The van der Waals surface area contributed by atoms with Crippen LogP contribution in [0.2, 0.25) is 5.15 Å². The van der Waals surface area contributed by atoms with Gasteiger partial charge in [0.05, 0.1) is 0 Å². The van der Waals surface area contributed by atoms with Crippen LogP contribution in [0, 0.1) is 5.92 Å². The predicted octanol–water partition coefficient (Wildman–Crippen LogP) is 3.09. The number of hydrogen-bond acceptors (Lipinski definition) is 4. The zero-order chi connectivity index (χ0) is 20.6. The minimum Gasteiger partial charge on any atom is -0.444 e. The molecule has 1 aromatic heterocycles. The highest BCUT2D eigenvalue weighted by Crippen LogP contribution is 2.19. The number of ether oxygens (including phenoxy) is 1. The molecule has 1 amide bonds. The Bertz CT molecular complexity index is 650. The quantitative estimate of drug-likeness (QED) is 0.444. The maximum atomic E-state index is 12.1. The van der Waals surface area contributed by atoms with Crippen LogP contribution in [0.1, 0.15) is 39.2 Å². The third kappa shape index (κ3) is 7.92. The Morgan fingerprint density at radius 2 is 2.04 bits per heavy atom. The number of likely N-dealkylation sites (tertiary alicyclic amines) is 1. The van der Waals surface area contributed by atoms with Gasteiger partial charge in [0.25, 0.3) is 0 Å². The maximum Gasteiger partial charge on any atom is 0.410 e. The van der Waals surface area contributed by atoms with Crippen LogP contribution in [0.25, 0.3) is 0 Å². The van der Waals surface area contributed by atoms with Crippen molar-refractivity contribution < 1.29 is 9.53 Å². The van der Waals surface area contributed by atoms with Crippen LogP contribution in [0.15, 0.2) is 23.3 Å². The normalized spacial score (nSPS) is 16.0. The first-order chi connectivity index (χ1) is 13.3. The first kappa shape index (κ1) is 22.3. The first-order valence-electron chi connectivity index (χ1n) is 9.79. The second-order valence-electron chi connectivity index (χ2n) is 8.03. The maximum absolute atomic E-state index is 12.1. The van der Waals surface area contributed by atoms with E-state index in [1.54, 1.807) is 24.2 Å². The molecule has 2 rings (SSSR count). The van der Waals surface area contributed by atoms with Crippen molar-refractivity contribution in [3.05, 3.63) is 29.0 Å². The summed E-state index contributed by atoms with van der Waals surface area (Å²) in [5.74, 6) is 1.30. The summed E-state index contributed by atoms with van der Waals surface area (Å²) in [6.07, 6.45) is 4.34. The van der Waals surface area contributed by atoms with Gasteiger partial charge in [-0.3, -0.25) is 4.99 Å². The van der Waals surface area contributed by atoms with Crippen LogP contribution < -0.4 is 10.6 Å². The van der Waals surface area contributed by atoms with Crippen molar-refractivity contribution in [2.75, 3.05) is 33.2 Å². The van der Waals surface area contributed by atoms with E-state index >= 15 is 0 Å². The number of halogens is 1. The summed E-state index contributed by atoms with van der Waals surface area (Å²) in [4.78, 5) is 22.3. The van der Waals surface area contributed by atoms with Gasteiger partial charge in [-0.25, -0.2) is 9.78 Å². The fourth-order valence-electron chi connectivity index (χ4n) is 2.99. The number of aliphatic imine (C=N–C) groups is 1. The van der Waals surface area contributed by atoms with Crippen LogP contribution >= 0.6 is 11.6 Å². The Hall–Kier alpha value is -2.02. The topological polar surface area (TPSA) is 78.9 Å². The van der Waals surface area contributed by atoms with Gasteiger partial charge in [0, 0.05) is 39.4 Å². The molecule has 28 heavy (non-hydrogen) atoms. The highest BCUT2D eigenvalue weighted by atomic mass is 35.5. The number of nitrogens with zero attached hydrogens (tertiary/aromatic N) is 3. The lowest BCUT2D eigenvalue weighted by Crippen LogP contribution is -2.45. The van der Waals surface area contributed by atoms with Gasteiger partial charge in [0.15, 0.2) is 5.96 Å². The van der Waals surface area contributed by atoms with Gasteiger partial charge in [-0.1, -0.05) is 17.7 Å². The third-order valence-corrected chi connectivity index (χ3v) is 4.77. The van der Waals surface area contributed by atoms with Gasteiger partial charge in [0.1, 0.15) is 10.8 Å². The zero-order valence-corrected chi connectivity index (χ0v) is 18.1. The summed E-state index contributed by atoms with van der Waals surface area (Å²) in [5.41, 5.74) is 0.678. The van der Waals surface area contributed by atoms with E-state index in [0.29, 0.717) is 11.1 Å². The summed E-state index contributed by atoms with van der Waals surface area (Å²) in [6, 6.07) is 3.78.